The molecular weight excluding hydrogens is 380 g/mol. The smallest absolute Gasteiger partial charge is 0.332 e. The van der Waals surface area contributed by atoms with Crippen LogP contribution in [0.25, 0.3) is 11.2 Å². The Bertz CT molecular complexity index is 1160. The lowest BCUT2D eigenvalue weighted by molar-refractivity contribution is 0.495. The van der Waals surface area contributed by atoms with Crippen molar-refractivity contribution in [3.05, 3.63) is 55.7 Å². The lowest BCUT2D eigenvalue weighted by Crippen LogP contribution is -2.44. The number of fused-ring (bicyclic) bond motifs is 1. The topological polar surface area (TPSA) is 91.1 Å². The zero-order chi connectivity index (χ0) is 20.0. The minimum absolute atomic E-state index is 0.0554. The van der Waals surface area contributed by atoms with Gasteiger partial charge in [-0.2, -0.15) is 4.98 Å². The van der Waals surface area contributed by atoms with Gasteiger partial charge in [-0.15, -0.1) is 0 Å². The number of imidazole rings is 1. The summed E-state index contributed by atoms with van der Waals surface area (Å²) in [6, 6.07) is 7.56. The molecule has 1 atom stereocenters. The molecule has 2 N–H and O–H groups in total. The third kappa shape index (κ3) is 3.12. The summed E-state index contributed by atoms with van der Waals surface area (Å²) in [7, 11) is 3.11. The molecule has 9 heteroatoms. The Kier molecular flexibility index (Phi) is 4.76. The van der Waals surface area contributed by atoms with Crippen LogP contribution in [0.3, 0.4) is 0 Å². The molecule has 0 radical (unpaired) electrons. The zero-order valence-corrected chi connectivity index (χ0v) is 16.7. The molecule has 2 aromatic heterocycles. The number of hydrogen-bond acceptors (Lipinski definition) is 5. The first kappa shape index (κ1) is 18.8. The molecule has 0 bridgehead atoms. The lowest BCUT2D eigenvalue weighted by Gasteiger charge is -2.31. The molecule has 28 heavy (non-hydrogen) atoms. The van der Waals surface area contributed by atoms with Gasteiger partial charge in [0.05, 0.1) is 6.54 Å². The monoisotopic (exact) mass is 402 g/mol. The number of anilines is 1. The number of halogens is 1. The summed E-state index contributed by atoms with van der Waals surface area (Å²) in [4.78, 5) is 32.1. The summed E-state index contributed by atoms with van der Waals surface area (Å²) in [6.45, 7) is 1.89. The number of rotatable bonds is 3. The van der Waals surface area contributed by atoms with Crippen molar-refractivity contribution in [1.82, 2.24) is 18.7 Å². The summed E-state index contributed by atoms with van der Waals surface area (Å²) in [5.74, 6) is 0.656. The van der Waals surface area contributed by atoms with Gasteiger partial charge in [0.25, 0.3) is 5.56 Å². The maximum atomic E-state index is 13.0. The maximum Gasteiger partial charge on any atom is 0.332 e. The Hall–Kier alpha value is -2.58. The second kappa shape index (κ2) is 7.10. The lowest BCUT2D eigenvalue weighted by atomic mass is 10.1. The first-order chi connectivity index (χ1) is 13.4. The Balaban J connectivity index is 1.96. The van der Waals surface area contributed by atoms with E-state index in [0.717, 1.165) is 29.5 Å². The predicted octanol–water partition coefficient (Wildman–Crippen LogP) is 1.06. The van der Waals surface area contributed by atoms with E-state index >= 15 is 0 Å². The van der Waals surface area contributed by atoms with Crippen molar-refractivity contribution in [2.75, 3.05) is 18.0 Å². The molecule has 3 aromatic rings. The van der Waals surface area contributed by atoms with Crippen LogP contribution >= 0.6 is 11.6 Å². The number of hydrogen-bond donors (Lipinski definition) is 1. The van der Waals surface area contributed by atoms with Crippen LogP contribution < -0.4 is 21.9 Å². The van der Waals surface area contributed by atoms with Crippen molar-refractivity contribution >= 4 is 28.7 Å². The van der Waals surface area contributed by atoms with Crippen molar-refractivity contribution < 1.29 is 0 Å². The van der Waals surface area contributed by atoms with Crippen molar-refractivity contribution in [2.45, 2.75) is 25.4 Å². The van der Waals surface area contributed by atoms with Gasteiger partial charge in [0, 0.05) is 38.2 Å². The van der Waals surface area contributed by atoms with Crippen LogP contribution in [-0.2, 0) is 20.6 Å². The number of aromatic nitrogens is 4. The van der Waals surface area contributed by atoms with Crippen LogP contribution in [0.2, 0.25) is 5.02 Å². The molecule has 4 rings (SSSR count). The van der Waals surface area contributed by atoms with E-state index in [1.54, 1.807) is 7.05 Å². The Morgan fingerprint density at radius 2 is 2.04 bits per heavy atom. The van der Waals surface area contributed by atoms with Gasteiger partial charge >= 0.3 is 5.69 Å². The van der Waals surface area contributed by atoms with E-state index in [9.17, 15) is 9.59 Å². The molecule has 1 aliphatic heterocycles. The van der Waals surface area contributed by atoms with Crippen LogP contribution in [0.5, 0.6) is 0 Å². The van der Waals surface area contributed by atoms with Crippen LogP contribution in [0.4, 0.5) is 5.95 Å². The normalized spacial score (nSPS) is 17.4. The highest BCUT2D eigenvalue weighted by Gasteiger charge is 2.25. The van der Waals surface area contributed by atoms with Gasteiger partial charge in [0.15, 0.2) is 11.2 Å². The van der Waals surface area contributed by atoms with Crippen molar-refractivity contribution in [2.24, 2.45) is 19.8 Å². The molecule has 1 fully saturated rings. The fraction of sp³-hybridized carbons (Fsp3) is 0.421. The molecule has 0 spiro atoms. The van der Waals surface area contributed by atoms with Crippen molar-refractivity contribution in [3.8, 4) is 0 Å². The molecule has 1 saturated heterocycles. The molecule has 148 valence electrons. The summed E-state index contributed by atoms with van der Waals surface area (Å²) < 4.78 is 4.41. The minimum Gasteiger partial charge on any atom is -0.341 e. The van der Waals surface area contributed by atoms with Gasteiger partial charge in [-0.3, -0.25) is 18.5 Å². The first-order valence-electron chi connectivity index (χ1n) is 9.28. The highest BCUT2D eigenvalue weighted by atomic mass is 35.5. The van der Waals surface area contributed by atoms with E-state index in [2.05, 4.69) is 4.90 Å². The standard InChI is InChI=1S/C19H23ClN6O2/c1-23-16-15(17(27)24(2)19(23)28)26(10-12-5-3-6-13(20)9-12)18(22-16)25-8-4-7-14(21)11-25/h3,5-6,9,14H,4,7-8,10-11,21H2,1-2H3. The van der Waals surface area contributed by atoms with Gasteiger partial charge in [-0.05, 0) is 30.5 Å². The predicted molar refractivity (Wildman–Crippen MR) is 110 cm³/mol. The third-order valence-corrected chi connectivity index (χ3v) is 5.53. The van der Waals surface area contributed by atoms with Crippen LogP contribution in [-0.4, -0.2) is 37.8 Å². The van der Waals surface area contributed by atoms with Crippen LogP contribution in [0.1, 0.15) is 18.4 Å². The Morgan fingerprint density at radius 1 is 1.25 bits per heavy atom. The van der Waals surface area contributed by atoms with E-state index in [-0.39, 0.29) is 11.6 Å². The average molecular weight is 403 g/mol. The van der Waals surface area contributed by atoms with Gasteiger partial charge in [-0.1, -0.05) is 23.7 Å². The SMILES string of the molecule is Cn1c(=O)c2c(nc(N3CCCC(N)C3)n2Cc2cccc(Cl)c2)n(C)c1=O. The van der Waals surface area contributed by atoms with E-state index < -0.39 is 5.69 Å². The van der Waals surface area contributed by atoms with E-state index in [1.807, 2.05) is 28.8 Å². The van der Waals surface area contributed by atoms with E-state index in [0.29, 0.717) is 35.2 Å². The quantitative estimate of drug-likeness (QED) is 0.707. The van der Waals surface area contributed by atoms with Crippen molar-refractivity contribution in [1.29, 1.82) is 0 Å². The summed E-state index contributed by atoms with van der Waals surface area (Å²) in [5.41, 5.74) is 7.14. The molecule has 1 aromatic carbocycles. The minimum atomic E-state index is -0.396. The number of nitrogens with zero attached hydrogens (tertiary/aromatic N) is 5. The molecule has 1 aliphatic rings. The Labute approximate surface area is 166 Å². The molecular formula is C19H23ClN6O2. The highest BCUT2D eigenvalue weighted by Crippen LogP contribution is 2.24. The number of aryl methyl sites for hydroxylation is 1. The third-order valence-electron chi connectivity index (χ3n) is 5.30. The number of benzene rings is 1. The number of nitrogens with two attached hydrogens (primary N) is 1. The fourth-order valence-corrected chi connectivity index (χ4v) is 4.05. The van der Waals surface area contributed by atoms with Gasteiger partial charge in [0.2, 0.25) is 5.95 Å². The molecule has 8 nitrogen and oxygen atoms in total. The average Bonchev–Trinajstić information content (AvgIpc) is 3.04. The summed E-state index contributed by atoms with van der Waals surface area (Å²) in [6.07, 6.45) is 1.92. The van der Waals surface area contributed by atoms with Crippen molar-refractivity contribution in [3.63, 3.8) is 0 Å². The summed E-state index contributed by atoms with van der Waals surface area (Å²) >= 11 is 6.15. The summed E-state index contributed by atoms with van der Waals surface area (Å²) in [5, 5.41) is 0.628. The van der Waals surface area contributed by atoms with E-state index in [4.69, 9.17) is 22.3 Å². The number of piperidine rings is 1. The molecule has 0 amide bonds. The molecule has 0 aliphatic carbocycles. The Morgan fingerprint density at radius 3 is 2.75 bits per heavy atom. The van der Waals surface area contributed by atoms with Crippen LogP contribution in [0.15, 0.2) is 33.9 Å². The molecule has 1 unspecified atom stereocenters. The maximum absolute atomic E-state index is 13.0. The van der Waals surface area contributed by atoms with Gasteiger partial charge < -0.3 is 10.6 Å². The zero-order valence-electron chi connectivity index (χ0n) is 15.9. The largest absolute Gasteiger partial charge is 0.341 e. The van der Waals surface area contributed by atoms with Gasteiger partial charge in [-0.25, -0.2) is 4.79 Å². The highest BCUT2D eigenvalue weighted by molar-refractivity contribution is 6.30. The second-order valence-corrected chi connectivity index (χ2v) is 7.79. The first-order valence-corrected chi connectivity index (χ1v) is 9.66. The molecule has 3 heterocycles. The van der Waals surface area contributed by atoms with Crippen LogP contribution in [0, 0.1) is 0 Å². The van der Waals surface area contributed by atoms with Gasteiger partial charge in [0.1, 0.15) is 0 Å². The van der Waals surface area contributed by atoms with E-state index in [1.165, 1.54) is 11.6 Å². The fourth-order valence-electron chi connectivity index (χ4n) is 3.84. The molecule has 0 saturated carbocycles. The second-order valence-electron chi connectivity index (χ2n) is 7.35.